The summed E-state index contributed by atoms with van der Waals surface area (Å²) in [6, 6.07) is 7.35. The van der Waals surface area contributed by atoms with Crippen molar-refractivity contribution in [2.75, 3.05) is 11.4 Å². The van der Waals surface area contributed by atoms with Gasteiger partial charge in [0.05, 0.1) is 11.0 Å². The molecular weight excluding hydrogens is 326 g/mol. The standard InChI is InChI=1S/C22H27NO3/c1-6-8-14-11-16(24)19(17(25)12-14)18-13(3)9-10-15-20(18)22(4,5)21(26)23(15)7-2/h9-12,24-25H,6-8H2,1-5H3. The van der Waals surface area contributed by atoms with Crippen LogP contribution < -0.4 is 4.90 Å². The Labute approximate surface area is 155 Å². The van der Waals surface area contributed by atoms with Gasteiger partial charge in [0.15, 0.2) is 0 Å². The highest BCUT2D eigenvalue weighted by Gasteiger charge is 2.45. The Bertz CT molecular complexity index is 860. The predicted molar refractivity (Wildman–Crippen MR) is 105 cm³/mol. The van der Waals surface area contributed by atoms with Crippen LogP contribution in [0.5, 0.6) is 11.5 Å². The van der Waals surface area contributed by atoms with Crippen LogP contribution in [-0.2, 0) is 16.6 Å². The van der Waals surface area contributed by atoms with Crippen LogP contribution in [0.1, 0.15) is 50.8 Å². The third-order valence-electron chi connectivity index (χ3n) is 5.35. The van der Waals surface area contributed by atoms with Gasteiger partial charge < -0.3 is 15.1 Å². The number of anilines is 1. The van der Waals surface area contributed by atoms with E-state index in [9.17, 15) is 15.0 Å². The van der Waals surface area contributed by atoms with Crippen LogP contribution in [0.3, 0.4) is 0 Å². The number of rotatable bonds is 4. The first-order chi connectivity index (χ1) is 12.2. The smallest absolute Gasteiger partial charge is 0.237 e. The number of carbonyl (C=O) groups is 1. The number of hydrogen-bond donors (Lipinski definition) is 2. The van der Waals surface area contributed by atoms with Crippen molar-refractivity contribution in [1.82, 2.24) is 0 Å². The Morgan fingerprint density at radius 3 is 2.19 bits per heavy atom. The number of phenols is 2. The van der Waals surface area contributed by atoms with Crippen molar-refractivity contribution in [2.45, 2.75) is 52.9 Å². The van der Waals surface area contributed by atoms with Crippen molar-refractivity contribution < 1.29 is 15.0 Å². The Morgan fingerprint density at radius 1 is 1.04 bits per heavy atom. The van der Waals surface area contributed by atoms with E-state index >= 15 is 0 Å². The Morgan fingerprint density at radius 2 is 1.65 bits per heavy atom. The summed E-state index contributed by atoms with van der Waals surface area (Å²) in [5.41, 5.74) is 4.03. The molecule has 0 spiro atoms. The molecule has 0 saturated carbocycles. The minimum Gasteiger partial charge on any atom is -0.507 e. The molecule has 3 rings (SSSR count). The maximum atomic E-state index is 12.9. The van der Waals surface area contributed by atoms with Crippen molar-refractivity contribution >= 4 is 11.6 Å². The number of fused-ring (bicyclic) bond motifs is 1. The van der Waals surface area contributed by atoms with Gasteiger partial charge in [-0.2, -0.15) is 0 Å². The monoisotopic (exact) mass is 353 g/mol. The summed E-state index contributed by atoms with van der Waals surface area (Å²) in [6.07, 6.45) is 1.73. The van der Waals surface area contributed by atoms with Gasteiger partial charge in [-0.1, -0.05) is 19.4 Å². The van der Waals surface area contributed by atoms with E-state index in [1.165, 1.54) is 0 Å². The minimum absolute atomic E-state index is 0.0448. The molecule has 2 N–H and O–H groups in total. The normalized spacial score (nSPS) is 15.4. The van der Waals surface area contributed by atoms with Crippen molar-refractivity contribution in [3.63, 3.8) is 0 Å². The fourth-order valence-corrected chi connectivity index (χ4v) is 4.10. The summed E-state index contributed by atoms with van der Waals surface area (Å²) < 4.78 is 0. The lowest BCUT2D eigenvalue weighted by Crippen LogP contribution is -2.36. The van der Waals surface area contributed by atoms with E-state index in [0.29, 0.717) is 12.1 Å². The zero-order valence-electron chi connectivity index (χ0n) is 16.2. The second-order valence-corrected chi connectivity index (χ2v) is 7.59. The van der Waals surface area contributed by atoms with Gasteiger partial charge >= 0.3 is 0 Å². The molecule has 1 amide bonds. The second kappa shape index (κ2) is 6.35. The molecule has 0 radical (unpaired) electrons. The fraction of sp³-hybridized carbons (Fsp3) is 0.409. The maximum Gasteiger partial charge on any atom is 0.237 e. The van der Waals surface area contributed by atoms with Crippen LogP contribution in [0, 0.1) is 6.92 Å². The molecule has 4 nitrogen and oxygen atoms in total. The molecule has 1 heterocycles. The van der Waals surface area contributed by atoms with E-state index in [0.717, 1.165) is 40.8 Å². The molecule has 0 aromatic heterocycles. The SMILES string of the molecule is CCCc1cc(O)c(-c2c(C)ccc3c2C(C)(C)C(=O)N3CC)c(O)c1. The topological polar surface area (TPSA) is 60.8 Å². The Hall–Kier alpha value is -2.49. The van der Waals surface area contributed by atoms with Gasteiger partial charge in [0.1, 0.15) is 11.5 Å². The number of hydrogen-bond acceptors (Lipinski definition) is 3. The highest BCUT2D eigenvalue weighted by Crippen LogP contribution is 2.51. The highest BCUT2D eigenvalue weighted by molar-refractivity contribution is 6.10. The molecule has 1 aliphatic rings. The molecule has 1 aliphatic heterocycles. The maximum absolute atomic E-state index is 12.9. The summed E-state index contributed by atoms with van der Waals surface area (Å²) >= 11 is 0. The van der Waals surface area contributed by atoms with Crippen LogP contribution in [0.4, 0.5) is 5.69 Å². The lowest BCUT2D eigenvalue weighted by molar-refractivity contribution is -0.122. The van der Waals surface area contributed by atoms with Crippen molar-refractivity contribution in [2.24, 2.45) is 0 Å². The molecule has 0 fully saturated rings. The van der Waals surface area contributed by atoms with Gasteiger partial charge in [-0.15, -0.1) is 0 Å². The predicted octanol–water partition coefficient (Wildman–Crippen LogP) is 4.67. The number of likely N-dealkylation sites (N-methyl/N-ethyl adjacent to an activating group) is 1. The van der Waals surface area contributed by atoms with E-state index in [4.69, 9.17) is 0 Å². The largest absolute Gasteiger partial charge is 0.507 e. The van der Waals surface area contributed by atoms with Gasteiger partial charge in [0, 0.05) is 12.2 Å². The molecule has 0 atom stereocenters. The fourth-order valence-electron chi connectivity index (χ4n) is 4.10. The third kappa shape index (κ3) is 2.56. The first kappa shape index (κ1) is 18.3. The molecule has 26 heavy (non-hydrogen) atoms. The van der Waals surface area contributed by atoms with Crippen LogP contribution in [0.15, 0.2) is 24.3 Å². The lowest BCUT2D eigenvalue weighted by Gasteiger charge is -2.22. The molecule has 0 aliphatic carbocycles. The summed E-state index contributed by atoms with van der Waals surface area (Å²) in [6.45, 7) is 10.4. The third-order valence-corrected chi connectivity index (χ3v) is 5.35. The van der Waals surface area contributed by atoms with Gasteiger partial charge in [-0.25, -0.2) is 0 Å². The molecule has 2 aromatic rings. The lowest BCUT2D eigenvalue weighted by atomic mass is 9.79. The number of aryl methyl sites for hydroxylation is 2. The van der Waals surface area contributed by atoms with E-state index in [-0.39, 0.29) is 17.4 Å². The molecular formula is C22H27NO3. The summed E-state index contributed by atoms with van der Waals surface area (Å²) in [5, 5.41) is 21.4. The van der Waals surface area contributed by atoms with E-state index in [2.05, 4.69) is 6.92 Å². The van der Waals surface area contributed by atoms with E-state index < -0.39 is 5.41 Å². The number of amides is 1. The molecule has 2 aromatic carbocycles. The molecule has 0 bridgehead atoms. The van der Waals surface area contributed by atoms with Crippen LogP contribution in [0.2, 0.25) is 0 Å². The van der Waals surface area contributed by atoms with Crippen molar-refractivity contribution in [1.29, 1.82) is 0 Å². The number of aromatic hydroxyl groups is 2. The quantitative estimate of drug-likeness (QED) is 0.840. The van der Waals surface area contributed by atoms with Crippen LogP contribution in [-0.4, -0.2) is 22.7 Å². The highest BCUT2D eigenvalue weighted by atomic mass is 16.3. The second-order valence-electron chi connectivity index (χ2n) is 7.59. The summed E-state index contributed by atoms with van der Waals surface area (Å²) in [7, 11) is 0. The first-order valence-corrected chi connectivity index (χ1v) is 9.25. The number of nitrogens with zero attached hydrogens (tertiary/aromatic N) is 1. The van der Waals surface area contributed by atoms with Gasteiger partial charge in [-0.3, -0.25) is 4.79 Å². The minimum atomic E-state index is -0.715. The molecule has 138 valence electrons. The van der Waals surface area contributed by atoms with Gasteiger partial charge in [0.2, 0.25) is 5.91 Å². The van der Waals surface area contributed by atoms with Crippen LogP contribution in [0.25, 0.3) is 11.1 Å². The number of phenolic OH excluding ortho intramolecular Hbond substituents is 2. The first-order valence-electron chi connectivity index (χ1n) is 9.25. The Balaban J connectivity index is 2.33. The van der Waals surface area contributed by atoms with Crippen molar-refractivity contribution in [3.05, 3.63) is 41.0 Å². The zero-order chi connectivity index (χ0) is 19.2. The average molecular weight is 353 g/mol. The number of carbonyl (C=O) groups excluding carboxylic acids is 1. The molecule has 4 heteroatoms. The van der Waals surface area contributed by atoms with E-state index in [1.54, 1.807) is 17.0 Å². The Kier molecular flexibility index (Phi) is 4.47. The molecule has 0 unspecified atom stereocenters. The summed E-state index contributed by atoms with van der Waals surface area (Å²) in [4.78, 5) is 14.7. The number of benzene rings is 2. The van der Waals surface area contributed by atoms with Crippen molar-refractivity contribution in [3.8, 4) is 22.6 Å². The molecule has 0 saturated heterocycles. The van der Waals surface area contributed by atoms with Crippen LogP contribution >= 0.6 is 0 Å². The summed E-state index contributed by atoms with van der Waals surface area (Å²) in [5.74, 6) is 0.162. The van der Waals surface area contributed by atoms with Gasteiger partial charge in [-0.05, 0) is 74.6 Å². The average Bonchev–Trinajstić information content (AvgIpc) is 2.76. The van der Waals surface area contributed by atoms with E-state index in [1.807, 2.05) is 39.8 Å². The van der Waals surface area contributed by atoms with Gasteiger partial charge in [0.25, 0.3) is 0 Å². The zero-order valence-corrected chi connectivity index (χ0v) is 16.2.